The molecular weight excluding hydrogens is 507 g/mol. The van der Waals surface area contributed by atoms with Crippen LogP contribution in [0.4, 0.5) is 18.2 Å². The fourth-order valence-corrected chi connectivity index (χ4v) is 4.19. The van der Waals surface area contributed by atoms with Gasteiger partial charge in [-0.2, -0.15) is 18.3 Å². The van der Waals surface area contributed by atoms with Gasteiger partial charge < -0.3 is 14.8 Å². The highest BCUT2D eigenvalue weighted by Crippen LogP contribution is 2.35. The van der Waals surface area contributed by atoms with E-state index in [1.54, 1.807) is 24.4 Å². The fraction of sp³-hybridized carbons (Fsp3) is 0.174. The zero-order valence-corrected chi connectivity index (χ0v) is 20.2. The number of nitrogens with zero attached hydrogens (tertiary/aromatic N) is 1. The summed E-state index contributed by atoms with van der Waals surface area (Å²) in [6.45, 7) is 1.68. The van der Waals surface area contributed by atoms with Crippen molar-refractivity contribution in [1.82, 2.24) is 5.43 Å². The Morgan fingerprint density at radius 1 is 1.06 bits per heavy atom. The van der Waals surface area contributed by atoms with Crippen LogP contribution in [0.25, 0.3) is 0 Å². The Kier molecular flexibility index (Phi) is 8.03. The number of alkyl halides is 3. The number of anilines is 1. The minimum absolute atomic E-state index is 0.0889. The minimum Gasteiger partial charge on any atom is -0.493 e. The zero-order chi connectivity index (χ0) is 25.8. The maximum Gasteiger partial charge on any atom is 0.417 e. The zero-order valence-electron chi connectivity index (χ0n) is 18.6. The van der Waals surface area contributed by atoms with Gasteiger partial charge in [-0.15, -0.1) is 11.3 Å². The molecule has 0 atom stereocenters. The molecule has 3 aromatic rings. The molecule has 0 radical (unpaired) electrons. The maximum atomic E-state index is 13.0. The van der Waals surface area contributed by atoms with Crippen LogP contribution < -0.4 is 20.2 Å². The van der Waals surface area contributed by atoms with E-state index in [4.69, 9.17) is 21.1 Å². The second kappa shape index (κ2) is 10.8. The molecule has 0 spiro atoms. The summed E-state index contributed by atoms with van der Waals surface area (Å²) < 4.78 is 49.4. The van der Waals surface area contributed by atoms with Gasteiger partial charge in [-0.1, -0.05) is 17.7 Å². The average molecular weight is 526 g/mol. The van der Waals surface area contributed by atoms with Gasteiger partial charge >= 0.3 is 6.18 Å². The van der Waals surface area contributed by atoms with E-state index in [-0.39, 0.29) is 21.7 Å². The first-order valence-electron chi connectivity index (χ1n) is 9.86. The largest absolute Gasteiger partial charge is 0.493 e. The SMILES string of the molecule is COc1ccc(C(=O)Nc2scc(C)c2C(=O)N/N=C\c2ccc(Cl)c(C(F)(F)F)c2)cc1OC. The van der Waals surface area contributed by atoms with Crippen molar-refractivity contribution in [2.75, 3.05) is 19.5 Å². The van der Waals surface area contributed by atoms with Crippen molar-refractivity contribution in [3.8, 4) is 11.5 Å². The minimum atomic E-state index is -4.63. The van der Waals surface area contributed by atoms with Gasteiger partial charge in [0.15, 0.2) is 11.5 Å². The molecule has 2 amide bonds. The number of rotatable bonds is 7. The summed E-state index contributed by atoms with van der Waals surface area (Å²) in [5.41, 5.74) is 2.38. The Bertz CT molecular complexity index is 1290. The van der Waals surface area contributed by atoms with Gasteiger partial charge in [0.05, 0.1) is 36.6 Å². The number of hydrogen-bond donors (Lipinski definition) is 2. The Hall–Kier alpha value is -3.57. The van der Waals surface area contributed by atoms with Crippen molar-refractivity contribution in [3.05, 3.63) is 74.6 Å². The van der Waals surface area contributed by atoms with Crippen LogP contribution in [0.2, 0.25) is 5.02 Å². The van der Waals surface area contributed by atoms with E-state index < -0.39 is 28.6 Å². The summed E-state index contributed by atoms with van der Waals surface area (Å²) in [4.78, 5) is 25.5. The predicted octanol–water partition coefficient (Wildman–Crippen LogP) is 5.76. The quantitative estimate of drug-likeness (QED) is 0.303. The number of nitrogens with one attached hydrogen (secondary N) is 2. The smallest absolute Gasteiger partial charge is 0.417 e. The van der Waals surface area contributed by atoms with Crippen LogP contribution in [0.1, 0.15) is 37.4 Å². The molecule has 0 aliphatic rings. The standard InChI is InChI=1S/C23H19ClF3N3O4S/c1-12-11-35-22(29-20(31)14-5-7-17(33-2)18(9-14)34-3)19(12)21(32)30-28-10-13-4-6-16(24)15(8-13)23(25,26)27/h4-11H,1-3H3,(H,29,31)(H,30,32)/b28-10-. The number of benzene rings is 2. The first-order chi connectivity index (χ1) is 16.5. The highest BCUT2D eigenvalue weighted by atomic mass is 35.5. The van der Waals surface area contributed by atoms with Crippen molar-refractivity contribution >= 4 is 46.0 Å². The maximum absolute atomic E-state index is 13.0. The van der Waals surface area contributed by atoms with E-state index in [2.05, 4.69) is 15.8 Å². The van der Waals surface area contributed by atoms with Crippen LogP contribution in [-0.4, -0.2) is 32.2 Å². The summed E-state index contributed by atoms with van der Waals surface area (Å²) in [6, 6.07) is 7.87. The number of ether oxygens (including phenoxy) is 2. The van der Waals surface area contributed by atoms with Gasteiger partial charge in [0.2, 0.25) is 0 Å². The third-order valence-electron chi connectivity index (χ3n) is 4.75. The topological polar surface area (TPSA) is 89.0 Å². The van der Waals surface area contributed by atoms with Crippen molar-refractivity contribution in [1.29, 1.82) is 0 Å². The molecular formula is C23H19ClF3N3O4S. The highest BCUT2D eigenvalue weighted by molar-refractivity contribution is 7.15. The molecule has 2 aromatic carbocycles. The van der Waals surface area contributed by atoms with Gasteiger partial charge in [-0.25, -0.2) is 5.43 Å². The molecule has 35 heavy (non-hydrogen) atoms. The first kappa shape index (κ1) is 26.0. The van der Waals surface area contributed by atoms with Gasteiger partial charge in [-0.3, -0.25) is 9.59 Å². The molecule has 0 aliphatic heterocycles. The highest BCUT2D eigenvalue weighted by Gasteiger charge is 2.33. The number of aryl methyl sites for hydroxylation is 1. The number of amides is 2. The number of hydrogen-bond acceptors (Lipinski definition) is 6. The van der Waals surface area contributed by atoms with E-state index >= 15 is 0 Å². The molecule has 0 aliphatic carbocycles. The van der Waals surface area contributed by atoms with Crippen LogP contribution >= 0.6 is 22.9 Å². The lowest BCUT2D eigenvalue weighted by Crippen LogP contribution is -2.21. The van der Waals surface area contributed by atoms with Crippen molar-refractivity contribution < 1.29 is 32.2 Å². The molecule has 1 aromatic heterocycles. The number of carbonyl (C=O) groups is 2. The second-order valence-electron chi connectivity index (χ2n) is 7.08. The second-order valence-corrected chi connectivity index (χ2v) is 8.37. The third kappa shape index (κ3) is 6.11. The van der Waals surface area contributed by atoms with E-state index in [1.165, 1.54) is 26.4 Å². The third-order valence-corrected chi connectivity index (χ3v) is 6.09. The molecule has 1 heterocycles. The van der Waals surface area contributed by atoms with E-state index in [1.807, 2.05) is 0 Å². The molecule has 184 valence electrons. The number of halogens is 4. The number of methoxy groups -OCH3 is 2. The van der Waals surface area contributed by atoms with Crippen LogP contribution in [0.3, 0.4) is 0 Å². The normalized spacial score (nSPS) is 11.4. The van der Waals surface area contributed by atoms with Gasteiger partial charge in [0.25, 0.3) is 11.8 Å². The monoisotopic (exact) mass is 525 g/mol. The summed E-state index contributed by atoms with van der Waals surface area (Å²) in [7, 11) is 2.92. The Morgan fingerprint density at radius 2 is 1.77 bits per heavy atom. The number of carbonyl (C=O) groups excluding carboxylic acids is 2. The lowest BCUT2D eigenvalue weighted by atomic mass is 10.1. The molecule has 0 unspecified atom stereocenters. The fourth-order valence-electron chi connectivity index (χ4n) is 3.03. The van der Waals surface area contributed by atoms with Crippen molar-refractivity contribution in [3.63, 3.8) is 0 Å². The molecule has 0 bridgehead atoms. The van der Waals surface area contributed by atoms with E-state index in [0.29, 0.717) is 17.1 Å². The Balaban J connectivity index is 1.75. The first-order valence-corrected chi connectivity index (χ1v) is 11.1. The van der Waals surface area contributed by atoms with Crippen molar-refractivity contribution in [2.24, 2.45) is 5.10 Å². The molecule has 7 nitrogen and oxygen atoms in total. The van der Waals surface area contributed by atoms with Crippen LogP contribution in [0.15, 0.2) is 46.9 Å². The molecule has 0 saturated heterocycles. The van der Waals surface area contributed by atoms with Crippen LogP contribution in [0, 0.1) is 6.92 Å². The van der Waals surface area contributed by atoms with Gasteiger partial charge in [-0.05, 0) is 53.8 Å². The molecule has 3 rings (SSSR count). The number of hydrazone groups is 1. The van der Waals surface area contributed by atoms with E-state index in [0.717, 1.165) is 29.7 Å². The molecule has 12 heteroatoms. The predicted molar refractivity (Wildman–Crippen MR) is 128 cm³/mol. The Labute approximate surface area is 207 Å². The van der Waals surface area contributed by atoms with Gasteiger partial charge in [0.1, 0.15) is 5.00 Å². The summed E-state index contributed by atoms with van der Waals surface area (Å²) in [5.74, 6) is -0.304. The van der Waals surface area contributed by atoms with Gasteiger partial charge in [0, 0.05) is 5.56 Å². The molecule has 0 fully saturated rings. The number of thiophene rings is 1. The van der Waals surface area contributed by atoms with E-state index in [9.17, 15) is 22.8 Å². The van der Waals surface area contributed by atoms with Crippen molar-refractivity contribution in [2.45, 2.75) is 13.1 Å². The molecule has 0 saturated carbocycles. The summed E-state index contributed by atoms with van der Waals surface area (Å²) in [5, 5.41) is 7.94. The van der Waals surface area contributed by atoms with Crippen LogP contribution in [-0.2, 0) is 6.18 Å². The summed E-state index contributed by atoms with van der Waals surface area (Å²) >= 11 is 6.75. The lowest BCUT2D eigenvalue weighted by molar-refractivity contribution is -0.137. The summed E-state index contributed by atoms with van der Waals surface area (Å²) in [6.07, 6.45) is -3.56. The van der Waals surface area contributed by atoms with Crippen LogP contribution in [0.5, 0.6) is 11.5 Å². The molecule has 2 N–H and O–H groups in total. The lowest BCUT2D eigenvalue weighted by Gasteiger charge is -2.10. The average Bonchev–Trinajstić information content (AvgIpc) is 3.18. The Morgan fingerprint density at radius 3 is 2.43 bits per heavy atom.